The highest BCUT2D eigenvalue weighted by Crippen LogP contribution is 2.09. The van der Waals surface area contributed by atoms with Crippen LogP contribution < -0.4 is 11.1 Å². The van der Waals surface area contributed by atoms with Crippen LogP contribution in [0.2, 0.25) is 0 Å². The van der Waals surface area contributed by atoms with E-state index >= 15 is 0 Å². The van der Waals surface area contributed by atoms with Crippen molar-refractivity contribution in [2.45, 2.75) is 0 Å². The molecule has 1 aromatic carbocycles. The summed E-state index contributed by atoms with van der Waals surface area (Å²) >= 11 is 0. The second-order valence-electron chi connectivity index (χ2n) is 3.60. The van der Waals surface area contributed by atoms with E-state index in [-0.39, 0.29) is 5.97 Å². The maximum Gasteiger partial charge on any atom is 0.337 e. The molecule has 1 aliphatic heterocycles. The zero-order valence-corrected chi connectivity index (χ0v) is 9.43. The highest BCUT2D eigenvalue weighted by molar-refractivity contribution is 6.02. The van der Waals surface area contributed by atoms with Gasteiger partial charge in [0.2, 0.25) is 0 Å². The molecule has 2 rings (SSSR count). The molecule has 3 N–H and O–H groups in total. The third kappa shape index (κ3) is 2.44. The predicted molar refractivity (Wildman–Crippen MR) is 64.6 cm³/mol. The topological polar surface area (TPSA) is 76.7 Å². The number of nitrogens with zero attached hydrogens (tertiary/aromatic N) is 1. The fraction of sp³-hybridized carbons (Fsp3) is 0.167. The lowest BCUT2D eigenvalue weighted by molar-refractivity contribution is 0.0600. The number of benzene rings is 1. The molecule has 5 heteroatoms. The maximum absolute atomic E-state index is 11.4. The first-order chi connectivity index (χ1) is 8.20. The zero-order chi connectivity index (χ0) is 12.3. The van der Waals surface area contributed by atoms with Crippen molar-refractivity contribution >= 4 is 11.8 Å². The van der Waals surface area contributed by atoms with E-state index in [0.717, 1.165) is 5.56 Å². The van der Waals surface area contributed by atoms with Crippen molar-refractivity contribution in [1.82, 2.24) is 5.32 Å². The first kappa shape index (κ1) is 11.2. The Hall–Kier alpha value is -2.30. The summed E-state index contributed by atoms with van der Waals surface area (Å²) in [6.45, 7) is 0.463. The van der Waals surface area contributed by atoms with Crippen LogP contribution in [0.4, 0.5) is 0 Å². The summed E-state index contributed by atoms with van der Waals surface area (Å²) in [7, 11) is 1.36. The number of methoxy groups -OCH3 is 1. The van der Waals surface area contributed by atoms with Gasteiger partial charge in [0.15, 0.2) is 0 Å². The largest absolute Gasteiger partial charge is 0.465 e. The van der Waals surface area contributed by atoms with Crippen LogP contribution in [0.15, 0.2) is 41.2 Å². The average Bonchev–Trinajstić information content (AvgIpc) is 2.39. The first-order valence-corrected chi connectivity index (χ1v) is 5.15. The van der Waals surface area contributed by atoms with Gasteiger partial charge in [-0.1, -0.05) is 12.1 Å². The molecule has 0 bridgehead atoms. The van der Waals surface area contributed by atoms with E-state index in [9.17, 15) is 4.79 Å². The van der Waals surface area contributed by atoms with Crippen LogP contribution in [0.5, 0.6) is 0 Å². The number of nitrogens with one attached hydrogen (secondary N) is 1. The Balaban J connectivity index is 2.25. The molecule has 0 aliphatic carbocycles. The van der Waals surface area contributed by atoms with Crippen LogP contribution in [0.1, 0.15) is 15.9 Å². The van der Waals surface area contributed by atoms with Gasteiger partial charge in [0.25, 0.3) is 0 Å². The molecule has 1 aromatic rings. The molecule has 0 aromatic heterocycles. The van der Waals surface area contributed by atoms with Gasteiger partial charge in [-0.25, -0.2) is 4.79 Å². The maximum atomic E-state index is 11.4. The summed E-state index contributed by atoms with van der Waals surface area (Å²) in [5.41, 5.74) is 7.60. The molecule has 0 saturated heterocycles. The Labute approximate surface area is 99.0 Å². The van der Waals surface area contributed by atoms with E-state index < -0.39 is 0 Å². The van der Waals surface area contributed by atoms with Gasteiger partial charge in [-0.3, -0.25) is 4.99 Å². The quantitative estimate of drug-likeness (QED) is 0.732. The molecule has 0 saturated carbocycles. The average molecular weight is 231 g/mol. The van der Waals surface area contributed by atoms with E-state index in [0.29, 0.717) is 23.6 Å². The number of carbonyl (C=O) groups excluding carboxylic acids is 1. The van der Waals surface area contributed by atoms with Gasteiger partial charge < -0.3 is 15.8 Å². The van der Waals surface area contributed by atoms with Gasteiger partial charge in [0.1, 0.15) is 5.84 Å². The molecule has 0 atom stereocenters. The summed E-state index contributed by atoms with van der Waals surface area (Å²) < 4.78 is 4.66. The molecule has 0 unspecified atom stereocenters. The number of rotatable bonds is 2. The molecule has 1 heterocycles. The lowest BCUT2D eigenvalue weighted by atomic mass is 10.1. The van der Waals surface area contributed by atoms with Crippen LogP contribution in [-0.4, -0.2) is 25.5 Å². The standard InChI is InChI=1S/C12H13N3O2/c1-17-12(16)9-4-2-3-8(5-9)11-14-6-10(13)7-15-11/h2-6H,7,13H2,1H3,(H,14,15). The number of hydrogen-bond acceptors (Lipinski definition) is 5. The molecule has 0 fully saturated rings. The normalized spacial score (nSPS) is 14.4. The summed E-state index contributed by atoms with van der Waals surface area (Å²) in [5.74, 6) is 0.336. The lowest BCUT2D eigenvalue weighted by Gasteiger charge is -2.13. The number of ether oxygens (including phenoxy) is 1. The van der Waals surface area contributed by atoms with Gasteiger partial charge >= 0.3 is 5.97 Å². The lowest BCUT2D eigenvalue weighted by Crippen LogP contribution is -2.26. The fourth-order valence-electron chi connectivity index (χ4n) is 1.51. The smallest absolute Gasteiger partial charge is 0.337 e. The molecule has 0 amide bonds. The van der Waals surface area contributed by atoms with Crippen LogP contribution in [0, 0.1) is 0 Å². The van der Waals surface area contributed by atoms with Crippen molar-refractivity contribution in [1.29, 1.82) is 0 Å². The second-order valence-corrected chi connectivity index (χ2v) is 3.60. The van der Waals surface area contributed by atoms with Crippen LogP contribution in [0.25, 0.3) is 0 Å². The van der Waals surface area contributed by atoms with Gasteiger partial charge in [0, 0.05) is 17.5 Å². The summed E-state index contributed by atoms with van der Waals surface area (Å²) in [6, 6.07) is 7.08. The third-order valence-corrected chi connectivity index (χ3v) is 2.37. The summed E-state index contributed by atoms with van der Waals surface area (Å²) in [6.07, 6.45) is 1.70. The van der Waals surface area contributed by atoms with E-state index in [1.54, 1.807) is 24.4 Å². The molecule has 0 spiro atoms. The zero-order valence-electron chi connectivity index (χ0n) is 9.43. The minimum atomic E-state index is -0.363. The molecular weight excluding hydrogens is 218 g/mol. The minimum Gasteiger partial charge on any atom is -0.465 e. The number of carbonyl (C=O) groups is 1. The second kappa shape index (κ2) is 4.69. The molecular formula is C12H13N3O2. The minimum absolute atomic E-state index is 0.363. The molecule has 0 radical (unpaired) electrons. The van der Waals surface area contributed by atoms with Crippen LogP contribution in [-0.2, 0) is 4.74 Å². The Kier molecular flexibility index (Phi) is 3.09. The SMILES string of the molecule is COC(=O)c1cccc(C2=NCC(N)=CN2)c1. The Morgan fingerprint density at radius 1 is 1.53 bits per heavy atom. The van der Waals surface area contributed by atoms with E-state index in [2.05, 4.69) is 15.0 Å². The van der Waals surface area contributed by atoms with Crippen molar-refractivity contribution in [3.63, 3.8) is 0 Å². The summed E-state index contributed by atoms with van der Waals surface area (Å²) in [5, 5.41) is 2.98. The van der Waals surface area contributed by atoms with Gasteiger partial charge in [-0.05, 0) is 12.1 Å². The first-order valence-electron chi connectivity index (χ1n) is 5.15. The van der Waals surface area contributed by atoms with Crippen molar-refractivity contribution in [3.05, 3.63) is 47.3 Å². The van der Waals surface area contributed by atoms with Crippen molar-refractivity contribution in [3.8, 4) is 0 Å². The van der Waals surface area contributed by atoms with Crippen molar-refractivity contribution < 1.29 is 9.53 Å². The Morgan fingerprint density at radius 3 is 3.00 bits per heavy atom. The number of hydrogen-bond donors (Lipinski definition) is 2. The van der Waals surface area contributed by atoms with Crippen LogP contribution in [0.3, 0.4) is 0 Å². The number of esters is 1. The number of aliphatic imine (C=N–C) groups is 1. The third-order valence-electron chi connectivity index (χ3n) is 2.37. The van der Waals surface area contributed by atoms with Gasteiger partial charge in [-0.15, -0.1) is 0 Å². The number of nitrogens with two attached hydrogens (primary N) is 1. The van der Waals surface area contributed by atoms with Gasteiger partial charge in [0.05, 0.1) is 19.2 Å². The highest BCUT2D eigenvalue weighted by atomic mass is 16.5. The fourth-order valence-corrected chi connectivity index (χ4v) is 1.51. The molecule has 1 aliphatic rings. The monoisotopic (exact) mass is 231 g/mol. The summed E-state index contributed by atoms with van der Waals surface area (Å²) in [4.78, 5) is 15.7. The van der Waals surface area contributed by atoms with E-state index in [1.807, 2.05) is 6.07 Å². The Morgan fingerprint density at radius 2 is 2.35 bits per heavy atom. The van der Waals surface area contributed by atoms with Crippen molar-refractivity contribution in [2.24, 2.45) is 10.7 Å². The predicted octanol–water partition coefficient (Wildman–Crippen LogP) is 0.623. The Bertz CT molecular complexity index is 506. The molecule has 17 heavy (non-hydrogen) atoms. The van der Waals surface area contributed by atoms with E-state index in [1.165, 1.54) is 7.11 Å². The van der Waals surface area contributed by atoms with Crippen molar-refractivity contribution in [2.75, 3.05) is 13.7 Å². The van der Waals surface area contributed by atoms with Crippen LogP contribution >= 0.6 is 0 Å². The van der Waals surface area contributed by atoms with Gasteiger partial charge in [-0.2, -0.15) is 0 Å². The molecule has 5 nitrogen and oxygen atoms in total. The highest BCUT2D eigenvalue weighted by Gasteiger charge is 2.10. The number of amidine groups is 1. The molecule has 88 valence electrons. The van der Waals surface area contributed by atoms with E-state index in [4.69, 9.17) is 5.73 Å².